The van der Waals surface area contributed by atoms with Gasteiger partial charge in [0.05, 0.1) is 12.8 Å². The first-order chi connectivity index (χ1) is 9.08. The summed E-state index contributed by atoms with van der Waals surface area (Å²) in [6.45, 7) is 1.36. The fourth-order valence-corrected chi connectivity index (χ4v) is 1.87. The normalized spacial score (nSPS) is 10.5. The molecule has 5 nitrogen and oxygen atoms in total. The van der Waals surface area contributed by atoms with Crippen LogP contribution in [0.3, 0.4) is 0 Å². The molecule has 100 valence electrons. The van der Waals surface area contributed by atoms with Crippen LogP contribution >= 0.6 is 11.6 Å². The molecule has 0 aliphatic heterocycles. The number of para-hydroxylation sites is 1. The van der Waals surface area contributed by atoms with Crippen LogP contribution < -0.4 is 10.1 Å². The minimum Gasteiger partial charge on any atom is -0.493 e. The Balaban J connectivity index is 2.67. The number of carbonyl (C=O) groups excluding carboxylic acids is 2. The Morgan fingerprint density at radius 3 is 2.74 bits per heavy atom. The van der Waals surface area contributed by atoms with Gasteiger partial charge in [-0.1, -0.05) is 6.07 Å². The molecule has 0 bridgehead atoms. The third kappa shape index (κ3) is 2.42. The van der Waals surface area contributed by atoms with Crippen LogP contribution in [-0.2, 0) is 4.79 Å². The smallest absolute Gasteiger partial charge is 0.239 e. The molecule has 0 atom stereocenters. The van der Waals surface area contributed by atoms with Crippen LogP contribution in [-0.4, -0.2) is 24.7 Å². The molecule has 0 aliphatic rings. The van der Waals surface area contributed by atoms with Crippen molar-refractivity contribution in [3.8, 4) is 5.75 Å². The lowest BCUT2D eigenvalue weighted by molar-refractivity contribution is -0.113. The molecular weight excluding hydrogens is 270 g/mol. The van der Waals surface area contributed by atoms with Crippen molar-refractivity contribution in [2.45, 2.75) is 6.92 Å². The Kier molecular flexibility index (Phi) is 3.76. The number of fused-ring (bicyclic) bond motifs is 1. The Morgan fingerprint density at radius 2 is 2.16 bits per heavy atom. The van der Waals surface area contributed by atoms with Gasteiger partial charge in [-0.25, -0.2) is 0 Å². The number of methoxy groups -OCH3 is 1. The first kappa shape index (κ1) is 13.4. The van der Waals surface area contributed by atoms with Gasteiger partial charge in [0.15, 0.2) is 22.9 Å². The number of rotatable bonds is 4. The average molecular weight is 282 g/mol. The summed E-state index contributed by atoms with van der Waals surface area (Å²) >= 11 is 5.46. The Labute approximate surface area is 114 Å². The third-order valence-electron chi connectivity index (χ3n) is 2.60. The van der Waals surface area contributed by atoms with E-state index < -0.39 is 5.91 Å². The van der Waals surface area contributed by atoms with Crippen molar-refractivity contribution >= 4 is 39.9 Å². The highest BCUT2D eigenvalue weighted by Gasteiger charge is 2.21. The van der Waals surface area contributed by atoms with Crippen molar-refractivity contribution in [3.63, 3.8) is 0 Å². The van der Waals surface area contributed by atoms with E-state index >= 15 is 0 Å². The second-order valence-electron chi connectivity index (χ2n) is 3.88. The zero-order valence-electron chi connectivity index (χ0n) is 10.5. The van der Waals surface area contributed by atoms with Crippen LogP contribution in [0.5, 0.6) is 5.75 Å². The second kappa shape index (κ2) is 5.32. The SMILES string of the molecule is COc1cccc2c(NC(=O)CCl)c(C(C)=O)oc12. The minimum absolute atomic E-state index is 0.0815. The van der Waals surface area contributed by atoms with Gasteiger partial charge in [-0.2, -0.15) is 0 Å². The van der Waals surface area contributed by atoms with Gasteiger partial charge in [0.25, 0.3) is 0 Å². The van der Waals surface area contributed by atoms with E-state index in [2.05, 4.69) is 5.32 Å². The third-order valence-corrected chi connectivity index (χ3v) is 2.85. The number of furan rings is 1. The highest BCUT2D eigenvalue weighted by Crippen LogP contribution is 2.36. The summed E-state index contributed by atoms with van der Waals surface area (Å²) in [6.07, 6.45) is 0. The van der Waals surface area contributed by atoms with E-state index in [1.165, 1.54) is 14.0 Å². The van der Waals surface area contributed by atoms with E-state index in [1.54, 1.807) is 18.2 Å². The number of amides is 1. The van der Waals surface area contributed by atoms with E-state index in [0.717, 1.165) is 0 Å². The quantitative estimate of drug-likeness (QED) is 0.691. The molecule has 0 saturated heterocycles. The van der Waals surface area contributed by atoms with Gasteiger partial charge < -0.3 is 14.5 Å². The van der Waals surface area contributed by atoms with Crippen molar-refractivity contribution in [2.24, 2.45) is 0 Å². The van der Waals surface area contributed by atoms with Crippen LogP contribution in [0, 0.1) is 0 Å². The maximum Gasteiger partial charge on any atom is 0.239 e. The van der Waals surface area contributed by atoms with Crippen molar-refractivity contribution < 1.29 is 18.7 Å². The number of benzene rings is 1. The van der Waals surface area contributed by atoms with Gasteiger partial charge in [-0.15, -0.1) is 11.6 Å². The highest BCUT2D eigenvalue weighted by molar-refractivity contribution is 6.29. The number of carbonyl (C=O) groups is 2. The Hall–Kier alpha value is -2.01. The van der Waals surface area contributed by atoms with E-state index in [1.807, 2.05) is 0 Å². The van der Waals surface area contributed by atoms with Crippen molar-refractivity contribution in [1.82, 2.24) is 0 Å². The molecule has 1 amide bonds. The van der Waals surface area contributed by atoms with E-state index in [9.17, 15) is 9.59 Å². The number of alkyl halides is 1. The number of ketones is 1. The summed E-state index contributed by atoms with van der Waals surface area (Å²) in [7, 11) is 1.50. The lowest BCUT2D eigenvalue weighted by Gasteiger charge is -2.02. The molecule has 0 saturated carbocycles. The second-order valence-corrected chi connectivity index (χ2v) is 4.15. The van der Waals surface area contributed by atoms with Gasteiger partial charge in [0.1, 0.15) is 5.88 Å². The molecule has 2 aromatic rings. The van der Waals surface area contributed by atoms with Gasteiger partial charge >= 0.3 is 0 Å². The van der Waals surface area contributed by atoms with Crippen molar-refractivity contribution in [1.29, 1.82) is 0 Å². The fourth-order valence-electron chi connectivity index (χ4n) is 1.80. The predicted octanol–water partition coefficient (Wildman–Crippen LogP) is 2.82. The number of hydrogen-bond acceptors (Lipinski definition) is 4. The van der Waals surface area contributed by atoms with Crippen LogP contribution in [0.4, 0.5) is 5.69 Å². The molecule has 1 aromatic carbocycles. The summed E-state index contributed by atoms with van der Waals surface area (Å²) < 4.78 is 10.7. The Bertz CT molecular complexity index is 647. The summed E-state index contributed by atoms with van der Waals surface area (Å²) in [5.74, 6) is -0.323. The number of nitrogens with one attached hydrogen (secondary N) is 1. The summed E-state index contributed by atoms with van der Waals surface area (Å²) in [5, 5.41) is 3.17. The van der Waals surface area contributed by atoms with E-state index in [0.29, 0.717) is 22.4 Å². The Morgan fingerprint density at radius 1 is 1.42 bits per heavy atom. The fraction of sp³-hybridized carbons (Fsp3) is 0.231. The van der Waals surface area contributed by atoms with Gasteiger partial charge in [-0.3, -0.25) is 9.59 Å². The number of Topliss-reactive ketones (excluding diaryl/α,β-unsaturated/α-hetero) is 1. The molecule has 0 aliphatic carbocycles. The molecule has 0 spiro atoms. The first-order valence-electron chi connectivity index (χ1n) is 5.54. The molecule has 2 rings (SSSR count). The van der Waals surface area contributed by atoms with E-state index in [-0.39, 0.29) is 17.4 Å². The molecule has 19 heavy (non-hydrogen) atoms. The van der Waals surface area contributed by atoms with Crippen LogP contribution in [0.1, 0.15) is 17.5 Å². The molecule has 1 aromatic heterocycles. The number of halogens is 1. The van der Waals surface area contributed by atoms with Crippen LogP contribution in [0.25, 0.3) is 11.0 Å². The average Bonchev–Trinajstić information content (AvgIpc) is 2.77. The zero-order valence-corrected chi connectivity index (χ0v) is 11.2. The lowest BCUT2D eigenvalue weighted by atomic mass is 10.2. The van der Waals surface area contributed by atoms with Crippen LogP contribution in [0.2, 0.25) is 0 Å². The molecule has 1 N–H and O–H groups in total. The van der Waals surface area contributed by atoms with E-state index in [4.69, 9.17) is 20.8 Å². The molecule has 0 fully saturated rings. The lowest BCUT2D eigenvalue weighted by Crippen LogP contribution is -2.14. The maximum atomic E-state index is 11.6. The molecule has 1 heterocycles. The number of anilines is 1. The van der Waals surface area contributed by atoms with Gasteiger partial charge in [0, 0.05) is 12.3 Å². The largest absolute Gasteiger partial charge is 0.493 e. The highest BCUT2D eigenvalue weighted by atomic mass is 35.5. The minimum atomic E-state index is -0.408. The van der Waals surface area contributed by atoms with Gasteiger partial charge in [0.2, 0.25) is 5.91 Å². The van der Waals surface area contributed by atoms with Crippen molar-refractivity contribution in [3.05, 3.63) is 24.0 Å². The molecule has 0 unspecified atom stereocenters. The van der Waals surface area contributed by atoms with Gasteiger partial charge in [-0.05, 0) is 12.1 Å². The summed E-state index contributed by atoms with van der Waals surface area (Å²) in [5.41, 5.74) is 0.743. The maximum absolute atomic E-state index is 11.6. The van der Waals surface area contributed by atoms with Crippen molar-refractivity contribution in [2.75, 3.05) is 18.3 Å². The molecule has 0 radical (unpaired) electrons. The first-order valence-corrected chi connectivity index (χ1v) is 6.08. The van der Waals surface area contributed by atoms with Crippen LogP contribution in [0.15, 0.2) is 22.6 Å². The zero-order chi connectivity index (χ0) is 14.0. The number of ether oxygens (including phenoxy) is 1. The predicted molar refractivity (Wildman–Crippen MR) is 72.1 cm³/mol. The summed E-state index contributed by atoms with van der Waals surface area (Å²) in [6, 6.07) is 5.19. The monoisotopic (exact) mass is 281 g/mol. The molecule has 6 heteroatoms. The summed E-state index contributed by atoms with van der Waals surface area (Å²) in [4.78, 5) is 23.0. The number of hydrogen-bond donors (Lipinski definition) is 1. The molecular formula is C13H12ClNO4. The standard InChI is InChI=1S/C13H12ClNO4/c1-7(16)12-11(15-10(17)6-14)8-4-3-5-9(18-2)13(8)19-12/h3-5H,6H2,1-2H3,(H,15,17). The topological polar surface area (TPSA) is 68.5 Å².